The SMILES string of the molecule is COc1ccc(CN(Cc2ccc(OC)cc2)c2cc(C)c(C(F)(F)F)c(-c3c(Cl)c4c5c(nc(OC[C@@H]6CC[C@H]7COCCCN76)nc5c3F)N([C@H](C)c3cccnc3NC(=O)OC(C)(C)C)CCO4)n2)cc1. The van der Waals surface area contributed by atoms with Gasteiger partial charge in [0, 0.05) is 50.1 Å². The molecule has 3 aromatic heterocycles. The van der Waals surface area contributed by atoms with Gasteiger partial charge < -0.3 is 38.2 Å². The van der Waals surface area contributed by atoms with Gasteiger partial charge in [-0.2, -0.15) is 23.1 Å². The highest BCUT2D eigenvalue weighted by Gasteiger charge is 2.41. The number of anilines is 3. The Balaban J connectivity index is 1.21. The van der Waals surface area contributed by atoms with Gasteiger partial charge in [-0.05, 0) is 107 Å². The van der Waals surface area contributed by atoms with Gasteiger partial charge in [-0.25, -0.2) is 19.2 Å². The van der Waals surface area contributed by atoms with Crippen LogP contribution in [0, 0.1) is 12.7 Å². The molecule has 6 heterocycles. The van der Waals surface area contributed by atoms with E-state index in [2.05, 4.69) is 20.2 Å². The van der Waals surface area contributed by atoms with E-state index in [0.29, 0.717) is 30.3 Å². The first kappa shape index (κ1) is 52.2. The number of carbonyl (C=O) groups is 1. The van der Waals surface area contributed by atoms with Crippen LogP contribution in [0.15, 0.2) is 72.9 Å². The number of halogens is 5. The van der Waals surface area contributed by atoms with Gasteiger partial charge in [-0.1, -0.05) is 41.9 Å². The number of aryl methyl sites for hydroxylation is 1. The molecule has 392 valence electrons. The number of aromatic nitrogens is 4. The number of ether oxygens (including phenoxy) is 6. The number of pyridine rings is 2. The van der Waals surface area contributed by atoms with E-state index in [1.807, 2.05) is 36.1 Å². The number of rotatable bonds is 14. The van der Waals surface area contributed by atoms with Crippen LogP contribution in [0.3, 0.4) is 0 Å². The van der Waals surface area contributed by atoms with Gasteiger partial charge in [0.15, 0.2) is 11.6 Å². The van der Waals surface area contributed by atoms with Crippen molar-refractivity contribution in [3.8, 4) is 34.5 Å². The first-order valence-corrected chi connectivity index (χ1v) is 24.9. The number of fused-ring (bicyclic) bond motifs is 1. The number of nitrogens with zero attached hydrogens (tertiary/aromatic N) is 7. The second kappa shape index (κ2) is 21.6. The van der Waals surface area contributed by atoms with Crippen LogP contribution in [0.25, 0.3) is 22.2 Å². The van der Waals surface area contributed by atoms with Crippen LogP contribution in [-0.2, 0) is 28.7 Å². The summed E-state index contributed by atoms with van der Waals surface area (Å²) in [5, 5.41) is 2.31. The van der Waals surface area contributed by atoms with Gasteiger partial charge in [0.25, 0.3) is 0 Å². The standard InChI is InChI=1S/C54H59ClF4N8O7/c1-31-26-40(65(27-33-11-17-37(69-6)18-12-33)28-34-13-19-38(70-7)20-14-34)61-46(43(31)54(57,58)59)41-44(55)48-42-47(45(41)56)62-51(73-30-36-16-15-35-29-71-24-9-22-67(35)36)64-50(42)66(23-25-72-48)32(2)39-10-8-21-60-49(39)63-52(68)74-53(3,4)5/h8,10-14,17-21,26,32,35-36H,9,15-16,22-25,27-30H2,1-7H3,(H,60,63,68)/t32-,35+,36+/m1/s1. The van der Waals surface area contributed by atoms with Crippen LogP contribution in [-0.4, -0.2) is 102 Å². The normalized spacial score (nSPS) is 17.4. The van der Waals surface area contributed by atoms with E-state index in [1.165, 1.54) is 19.2 Å². The summed E-state index contributed by atoms with van der Waals surface area (Å²) in [4.78, 5) is 37.8. The van der Waals surface area contributed by atoms with Gasteiger partial charge in [0.05, 0.1) is 60.6 Å². The van der Waals surface area contributed by atoms with Crippen molar-refractivity contribution in [1.82, 2.24) is 24.8 Å². The third-order valence-corrected chi connectivity index (χ3v) is 13.8. The summed E-state index contributed by atoms with van der Waals surface area (Å²) in [6.45, 7) is 11.0. The second-order valence-electron chi connectivity index (χ2n) is 19.6. The van der Waals surface area contributed by atoms with Gasteiger partial charge in [-0.3, -0.25) is 10.2 Å². The predicted molar refractivity (Wildman–Crippen MR) is 273 cm³/mol. The molecule has 0 saturated carbocycles. The van der Waals surface area contributed by atoms with Crippen molar-refractivity contribution in [2.45, 2.75) is 96.9 Å². The molecule has 74 heavy (non-hydrogen) atoms. The number of methoxy groups -OCH3 is 2. The lowest BCUT2D eigenvalue weighted by molar-refractivity contribution is -0.137. The van der Waals surface area contributed by atoms with Crippen LogP contribution in [0.1, 0.15) is 80.8 Å². The molecule has 0 bridgehead atoms. The summed E-state index contributed by atoms with van der Waals surface area (Å²) >= 11 is 7.27. The Labute approximate surface area is 432 Å². The lowest BCUT2D eigenvalue weighted by Crippen LogP contribution is -2.40. The van der Waals surface area contributed by atoms with Crippen molar-refractivity contribution in [3.05, 3.63) is 112 Å². The van der Waals surface area contributed by atoms with E-state index >= 15 is 17.6 Å². The Kier molecular flexibility index (Phi) is 15.3. The highest BCUT2D eigenvalue weighted by molar-refractivity contribution is 6.36. The van der Waals surface area contributed by atoms with Crippen molar-refractivity contribution in [3.63, 3.8) is 0 Å². The summed E-state index contributed by atoms with van der Waals surface area (Å²) < 4.78 is 100. The molecule has 20 heteroatoms. The van der Waals surface area contributed by atoms with Crippen LogP contribution in [0.5, 0.6) is 23.3 Å². The highest BCUT2D eigenvalue weighted by Crippen LogP contribution is 2.51. The summed E-state index contributed by atoms with van der Waals surface area (Å²) in [5.41, 5.74) is -1.86. The summed E-state index contributed by atoms with van der Waals surface area (Å²) in [7, 11) is 3.11. The van der Waals surface area contributed by atoms with Crippen LogP contribution in [0.2, 0.25) is 5.02 Å². The monoisotopic (exact) mass is 1040 g/mol. The van der Waals surface area contributed by atoms with Gasteiger partial charge in [0.2, 0.25) is 0 Å². The van der Waals surface area contributed by atoms with Crippen molar-refractivity contribution in [1.29, 1.82) is 0 Å². The minimum absolute atomic E-state index is 0.00571. The lowest BCUT2D eigenvalue weighted by Gasteiger charge is -2.31. The maximum Gasteiger partial charge on any atom is 0.418 e. The minimum atomic E-state index is -5.02. The van der Waals surface area contributed by atoms with Crippen molar-refractivity contribution < 1.29 is 50.8 Å². The fourth-order valence-electron chi connectivity index (χ4n) is 9.96. The third-order valence-electron chi connectivity index (χ3n) is 13.5. The Hall–Kier alpha value is -6.70. The second-order valence-corrected chi connectivity index (χ2v) is 20.0. The molecule has 0 unspecified atom stereocenters. The molecule has 2 fully saturated rings. The maximum absolute atomic E-state index is 18.3. The fraction of sp³-hybridized carbons (Fsp3) is 0.426. The van der Waals surface area contributed by atoms with Crippen molar-refractivity contribution in [2.24, 2.45) is 0 Å². The third kappa shape index (κ3) is 11.2. The molecule has 3 atom stereocenters. The van der Waals surface area contributed by atoms with E-state index in [-0.39, 0.29) is 85.1 Å². The summed E-state index contributed by atoms with van der Waals surface area (Å²) in [6, 6.07) is 18.7. The van der Waals surface area contributed by atoms with E-state index < -0.39 is 57.1 Å². The number of benzene rings is 3. The summed E-state index contributed by atoms with van der Waals surface area (Å²) in [5.74, 6) is 0.378. The number of alkyl halides is 3. The molecule has 6 aromatic rings. The van der Waals surface area contributed by atoms with E-state index in [0.717, 1.165) is 36.9 Å². The zero-order valence-corrected chi connectivity index (χ0v) is 43.1. The van der Waals surface area contributed by atoms with Gasteiger partial charge in [-0.15, -0.1) is 0 Å². The van der Waals surface area contributed by atoms with Crippen molar-refractivity contribution >= 4 is 46.1 Å². The number of nitrogens with one attached hydrogen (secondary N) is 1. The van der Waals surface area contributed by atoms with Gasteiger partial charge >= 0.3 is 18.3 Å². The van der Waals surface area contributed by atoms with E-state index in [4.69, 9.17) is 50.0 Å². The van der Waals surface area contributed by atoms with Crippen molar-refractivity contribution in [2.75, 3.05) is 68.9 Å². The highest BCUT2D eigenvalue weighted by atomic mass is 35.5. The molecule has 3 aliphatic rings. The predicted octanol–water partition coefficient (Wildman–Crippen LogP) is 11.4. The Morgan fingerprint density at radius 1 is 0.946 bits per heavy atom. The number of hydrogen-bond acceptors (Lipinski definition) is 14. The fourth-order valence-corrected chi connectivity index (χ4v) is 10.3. The zero-order valence-electron chi connectivity index (χ0n) is 42.3. The Morgan fingerprint density at radius 2 is 1.64 bits per heavy atom. The largest absolute Gasteiger partial charge is 0.497 e. The number of hydrogen-bond donors (Lipinski definition) is 1. The smallest absolute Gasteiger partial charge is 0.418 e. The minimum Gasteiger partial charge on any atom is -0.497 e. The number of amides is 1. The number of carbonyl (C=O) groups excluding carboxylic acids is 1. The van der Waals surface area contributed by atoms with E-state index in [1.54, 1.807) is 76.3 Å². The quantitative estimate of drug-likeness (QED) is 0.103. The summed E-state index contributed by atoms with van der Waals surface area (Å²) in [6.07, 6.45) is -1.66. The molecule has 2 saturated heterocycles. The average molecular weight is 1040 g/mol. The van der Waals surface area contributed by atoms with Crippen LogP contribution >= 0.6 is 11.6 Å². The molecule has 15 nitrogen and oxygen atoms in total. The molecule has 1 amide bonds. The molecule has 0 aliphatic carbocycles. The van der Waals surface area contributed by atoms with Crippen LogP contribution < -0.4 is 34.1 Å². The van der Waals surface area contributed by atoms with Crippen LogP contribution in [0.4, 0.5) is 39.8 Å². The lowest BCUT2D eigenvalue weighted by atomic mass is 9.98. The first-order valence-electron chi connectivity index (χ1n) is 24.5. The molecule has 9 rings (SSSR count). The first-order chi connectivity index (χ1) is 35.4. The molecule has 3 aliphatic heterocycles. The molecule has 0 radical (unpaired) electrons. The molecule has 1 N–H and O–H groups in total. The molecular formula is C54H59ClF4N8O7. The molecular weight excluding hydrogens is 984 g/mol. The Bertz CT molecular complexity index is 2950. The maximum atomic E-state index is 18.3. The molecule has 3 aromatic carbocycles. The molecule has 0 spiro atoms. The topological polar surface area (TPSA) is 146 Å². The van der Waals surface area contributed by atoms with E-state index in [9.17, 15) is 4.79 Å². The zero-order chi connectivity index (χ0) is 52.5. The average Bonchev–Trinajstić information content (AvgIpc) is 3.47. The Morgan fingerprint density at radius 3 is 2.28 bits per heavy atom. The van der Waals surface area contributed by atoms with Gasteiger partial charge in [0.1, 0.15) is 53.3 Å².